The van der Waals surface area contributed by atoms with Crippen LogP contribution in [0.3, 0.4) is 0 Å². The number of nitrogens with zero attached hydrogens (tertiary/aromatic N) is 2. The predicted octanol–water partition coefficient (Wildman–Crippen LogP) is 4.07. The van der Waals surface area contributed by atoms with E-state index in [9.17, 15) is 0 Å². The monoisotopic (exact) mass is 252 g/mol. The van der Waals surface area contributed by atoms with Crippen molar-refractivity contribution in [3.8, 4) is 11.3 Å². The molecule has 0 aliphatic heterocycles. The average molecular weight is 253 g/mol. The lowest BCUT2D eigenvalue weighted by atomic mass is 10.1. The zero-order valence-corrected chi connectivity index (χ0v) is 10.5. The van der Waals surface area contributed by atoms with E-state index < -0.39 is 0 Å². The molecule has 0 spiro atoms. The number of aryl methyl sites for hydroxylation is 1. The maximum atomic E-state index is 5.96. The fourth-order valence-electron chi connectivity index (χ4n) is 1.46. The Bertz CT molecular complexity index is 521. The summed E-state index contributed by atoms with van der Waals surface area (Å²) in [6.07, 6.45) is 0. The van der Waals surface area contributed by atoms with E-state index in [1.165, 1.54) is 5.56 Å². The quantitative estimate of drug-likeness (QED) is 0.565. The molecule has 82 valence electrons. The normalized spacial score (nSPS) is 10.5. The summed E-state index contributed by atoms with van der Waals surface area (Å²) < 4.78 is 0. The Morgan fingerprint density at radius 1 is 0.938 bits per heavy atom. The van der Waals surface area contributed by atoms with Gasteiger partial charge in [0.05, 0.1) is 5.69 Å². The molecule has 1 aromatic heterocycles. The van der Waals surface area contributed by atoms with Crippen molar-refractivity contribution in [1.29, 1.82) is 0 Å². The highest BCUT2D eigenvalue weighted by Gasteiger charge is 2.09. The average Bonchev–Trinajstić information content (AvgIpc) is 2.25. The van der Waals surface area contributed by atoms with Crippen molar-refractivity contribution in [2.45, 2.75) is 13.8 Å². The Kier molecular flexibility index (Phi) is 3.13. The lowest BCUT2D eigenvalue weighted by molar-refractivity contribution is 1.13. The zero-order valence-electron chi connectivity index (χ0n) is 8.96. The third-order valence-corrected chi connectivity index (χ3v) is 2.92. The van der Waals surface area contributed by atoms with Crippen LogP contribution in [0.1, 0.15) is 11.1 Å². The third-order valence-electron chi connectivity index (χ3n) is 2.38. The Morgan fingerprint density at radius 2 is 1.56 bits per heavy atom. The van der Waals surface area contributed by atoms with Gasteiger partial charge in [-0.25, -0.2) is 9.97 Å². The summed E-state index contributed by atoms with van der Waals surface area (Å²) >= 11 is 11.8. The Labute approximate surface area is 104 Å². The van der Waals surface area contributed by atoms with Crippen molar-refractivity contribution in [1.82, 2.24) is 9.97 Å². The van der Waals surface area contributed by atoms with E-state index in [0.717, 1.165) is 16.8 Å². The fraction of sp³-hybridized carbons (Fsp3) is 0.167. The van der Waals surface area contributed by atoms with Gasteiger partial charge in [-0.1, -0.05) is 41.4 Å². The molecule has 2 nitrogen and oxygen atoms in total. The Morgan fingerprint density at radius 3 is 2.19 bits per heavy atom. The lowest BCUT2D eigenvalue weighted by Crippen LogP contribution is -1.93. The number of aromatic nitrogens is 2. The van der Waals surface area contributed by atoms with Crippen LogP contribution < -0.4 is 0 Å². The van der Waals surface area contributed by atoms with Gasteiger partial charge < -0.3 is 0 Å². The molecule has 0 fully saturated rings. The van der Waals surface area contributed by atoms with Crippen molar-refractivity contribution in [3.63, 3.8) is 0 Å². The van der Waals surface area contributed by atoms with Crippen molar-refractivity contribution < 1.29 is 0 Å². The number of benzene rings is 1. The highest BCUT2D eigenvalue weighted by molar-refractivity contribution is 6.32. The molecule has 0 aliphatic rings. The first-order chi connectivity index (χ1) is 7.58. The van der Waals surface area contributed by atoms with Crippen LogP contribution in [0.2, 0.25) is 10.4 Å². The Balaban J connectivity index is 2.59. The molecular weight excluding hydrogens is 243 g/mol. The van der Waals surface area contributed by atoms with Gasteiger partial charge in [0.25, 0.3) is 0 Å². The zero-order chi connectivity index (χ0) is 11.7. The van der Waals surface area contributed by atoms with Gasteiger partial charge in [0.15, 0.2) is 0 Å². The number of rotatable bonds is 1. The number of hydrogen-bond donors (Lipinski definition) is 0. The summed E-state index contributed by atoms with van der Waals surface area (Å²) in [4.78, 5) is 8.10. The summed E-state index contributed by atoms with van der Waals surface area (Å²) in [6, 6.07) is 8.05. The van der Waals surface area contributed by atoms with Gasteiger partial charge in [0.2, 0.25) is 5.28 Å². The van der Waals surface area contributed by atoms with E-state index in [1.807, 2.05) is 38.1 Å². The molecule has 4 heteroatoms. The van der Waals surface area contributed by atoms with E-state index in [1.54, 1.807) is 0 Å². The van der Waals surface area contributed by atoms with Crippen molar-refractivity contribution in [2.24, 2.45) is 0 Å². The summed E-state index contributed by atoms with van der Waals surface area (Å²) in [5.74, 6) is 0. The topological polar surface area (TPSA) is 25.8 Å². The largest absolute Gasteiger partial charge is 0.224 e. The predicted molar refractivity (Wildman–Crippen MR) is 67.0 cm³/mol. The molecule has 1 aromatic carbocycles. The minimum absolute atomic E-state index is 0.172. The van der Waals surface area contributed by atoms with E-state index in [-0.39, 0.29) is 5.28 Å². The van der Waals surface area contributed by atoms with Gasteiger partial charge in [-0.05, 0) is 25.4 Å². The van der Waals surface area contributed by atoms with E-state index in [2.05, 4.69) is 9.97 Å². The highest BCUT2D eigenvalue weighted by atomic mass is 35.5. The van der Waals surface area contributed by atoms with Crippen LogP contribution in [0, 0.1) is 13.8 Å². The molecule has 2 aromatic rings. The van der Waals surface area contributed by atoms with Crippen LogP contribution in [0.25, 0.3) is 11.3 Å². The molecule has 0 unspecified atom stereocenters. The van der Waals surface area contributed by atoms with Crippen LogP contribution in [0.5, 0.6) is 0 Å². The van der Waals surface area contributed by atoms with Gasteiger partial charge in [0, 0.05) is 11.1 Å². The SMILES string of the molecule is Cc1ccc(-c2nc(Cl)nc(Cl)c2C)cc1. The minimum Gasteiger partial charge on any atom is -0.218 e. The van der Waals surface area contributed by atoms with E-state index in [4.69, 9.17) is 23.2 Å². The molecule has 0 bridgehead atoms. The van der Waals surface area contributed by atoms with E-state index in [0.29, 0.717) is 5.15 Å². The highest BCUT2D eigenvalue weighted by Crippen LogP contribution is 2.26. The number of hydrogen-bond acceptors (Lipinski definition) is 2. The third kappa shape index (κ3) is 2.18. The molecule has 0 amide bonds. The molecule has 0 saturated carbocycles. The van der Waals surface area contributed by atoms with Crippen LogP contribution in [-0.4, -0.2) is 9.97 Å². The first-order valence-electron chi connectivity index (χ1n) is 4.84. The molecule has 0 atom stereocenters. The summed E-state index contributed by atoms with van der Waals surface area (Å²) in [5.41, 5.74) is 3.82. The molecule has 0 radical (unpaired) electrons. The van der Waals surface area contributed by atoms with Crippen LogP contribution in [-0.2, 0) is 0 Å². The first-order valence-corrected chi connectivity index (χ1v) is 5.60. The fourth-order valence-corrected chi connectivity index (χ4v) is 1.84. The second kappa shape index (κ2) is 4.40. The van der Waals surface area contributed by atoms with E-state index >= 15 is 0 Å². The van der Waals surface area contributed by atoms with Crippen molar-refractivity contribution in [2.75, 3.05) is 0 Å². The minimum atomic E-state index is 0.172. The maximum Gasteiger partial charge on any atom is 0.224 e. The molecule has 0 aliphatic carbocycles. The van der Waals surface area contributed by atoms with Gasteiger partial charge in [-0.15, -0.1) is 0 Å². The van der Waals surface area contributed by atoms with Crippen LogP contribution >= 0.6 is 23.2 Å². The van der Waals surface area contributed by atoms with Gasteiger partial charge >= 0.3 is 0 Å². The molecule has 0 saturated heterocycles. The second-order valence-corrected chi connectivity index (χ2v) is 4.32. The molecule has 1 heterocycles. The standard InChI is InChI=1S/C12H10Cl2N2/c1-7-3-5-9(6-4-7)10-8(2)11(13)16-12(14)15-10/h3-6H,1-2H3. The molecule has 2 rings (SSSR count). The smallest absolute Gasteiger partial charge is 0.218 e. The summed E-state index contributed by atoms with van der Waals surface area (Å²) in [6.45, 7) is 3.92. The molecule has 16 heavy (non-hydrogen) atoms. The van der Waals surface area contributed by atoms with Crippen LogP contribution in [0.15, 0.2) is 24.3 Å². The summed E-state index contributed by atoms with van der Waals surface area (Å²) in [5, 5.41) is 0.571. The Hall–Kier alpha value is -1.12. The first kappa shape index (κ1) is 11.4. The maximum absolute atomic E-state index is 5.96. The van der Waals surface area contributed by atoms with Gasteiger partial charge in [0.1, 0.15) is 5.15 Å². The molecule has 0 N–H and O–H groups in total. The summed E-state index contributed by atoms with van der Waals surface area (Å²) in [7, 11) is 0. The molecular formula is C12H10Cl2N2. The van der Waals surface area contributed by atoms with Crippen LogP contribution in [0.4, 0.5) is 0 Å². The lowest BCUT2D eigenvalue weighted by Gasteiger charge is -2.07. The van der Waals surface area contributed by atoms with Crippen molar-refractivity contribution >= 4 is 23.2 Å². The second-order valence-electron chi connectivity index (χ2n) is 3.62. The van der Waals surface area contributed by atoms with Crippen molar-refractivity contribution in [3.05, 3.63) is 45.8 Å². The van der Waals surface area contributed by atoms with Gasteiger partial charge in [-0.2, -0.15) is 0 Å². The van der Waals surface area contributed by atoms with Gasteiger partial charge in [-0.3, -0.25) is 0 Å². The number of halogens is 2.